The van der Waals surface area contributed by atoms with Crippen LogP contribution >= 0.6 is 23.4 Å². The topological polar surface area (TPSA) is 29.0 Å². The molecule has 1 aromatic carbocycles. The predicted molar refractivity (Wildman–Crippen MR) is 84.5 cm³/mol. The number of nitrogens with zero attached hydrogens (tertiary/aromatic N) is 3. The van der Waals surface area contributed by atoms with Crippen molar-refractivity contribution < 1.29 is 0 Å². The Balaban J connectivity index is 1.65. The van der Waals surface area contributed by atoms with E-state index in [9.17, 15) is 0 Å². The molecule has 0 unspecified atom stereocenters. The molecule has 1 saturated heterocycles. The van der Waals surface area contributed by atoms with Crippen molar-refractivity contribution >= 4 is 29.2 Å². The molecule has 5 heteroatoms. The number of benzene rings is 1. The van der Waals surface area contributed by atoms with Gasteiger partial charge >= 0.3 is 0 Å². The highest BCUT2D eigenvalue weighted by Gasteiger charge is 2.14. The van der Waals surface area contributed by atoms with Crippen molar-refractivity contribution in [2.24, 2.45) is 0 Å². The zero-order chi connectivity index (χ0) is 13.8. The first-order chi connectivity index (χ1) is 9.81. The molecule has 20 heavy (non-hydrogen) atoms. The van der Waals surface area contributed by atoms with Crippen LogP contribution < -0.4 is 4.90 Å². The lowest BCUT2D eigenvalue weighted by Gasteiger charge is -2.16. The van der Waals surface area contributed by atoms with E-state index in [0.29, 0.717) is 0 Å². The van der Waals surface area contributed by atoms with Gasteiger partial charge in [-0.25, -0.2) is 9.97 Å². The van der Waals surface area contributed by atoms with Gasteiger partial charge in [-0.05, 0) is 30.5 Å². The second-order valence-corrected chi connectivity index (χ2v) is 6.26. The minimum atomic E-state index is 0.775. The minimum absolute atomic E-state index is 0.775. The molecule has 2 aromatic rings. The largest absolute Gasteiger partial charge is 0.356 e. The van der Waals surface area contributed by atoms with Gasteiger partial charge in [-0.1, -0.05) is 23.7 Å². The third-order valence-electron chi connectivity index (χ3n) is 3.36. The van der Waals surface area contributed by atoms with Crippen molar-refractivity contribution in [2.45, 2.75) is 23.6 Å². The van der Waals surface area contributed by atoms with E-state index in [4.69, 9.17) is 11.6 Å². The average molecular weight is 306 g/mol. The van der Waals surface area contributed by atoms with Crippen LogP contribution in [0.2, 0.25) is 5.02 Å². The van der Waals surface area contributed by atoms with Gasteiger partial charge in [0.15, 0.2) is 0 Å². The zero-order valence-electron chi connectivity index (χ0n) is 11.1. The van der Waals surface area contributed by atoms with Gasteiger partial charge in [-0.15, -0.1) is 11.8 Å². The molecule has 0 amide bonds. The van der Waals surface area contributed by atoms with Crippen LogP contribution in [0.1, 0.15) is 18.4 Å². The summed E-state index contributed by atoms with van der Waals surface area (Å²) in [5, 5.41) is 1.80. The van der Waals surface area contributed by atoms with Crippen LogP contribution in [0.15, 0.2) is 41.7 Å². The predicted octanol–water partition coefficient (Wildman–Crippen LogP) is 4.02. The molecule has 0 atom stereocenters. The first-order valence-corrected chi connectivity index (χ1v) is 8.12. The van der Waals surface area contributed by atoms with Gasteiger partial charge in [-0.3, -0.25) is 0 Å². The van der Waals surface area contributed by atoms with Crippen LogP contribution in [0.25, 0.3) is 0 Å². The summed E-state index contributed by atoms with van der Waals surface area (Å²) in [6.07, 6.45) is 4.19. The van der Waals surface area contributed by atoms with E-state index < -0.39 is 0 Å². The highest BCUT2D eigenvalue weighted by atomic mass is 35.5. The van der Waals surface area contributed by atoms with Crippen LogP contribution in [0.3, 0.4) is 0 Å². The number of thioether (sulfide) groups is 1. The van der Waals surface area contributed by atoms with Crippen LogP contribution in [0.5, 0.6) is 0 Å². The molecule has 104 valence electrons. The van der Waals surface area contributed by atoms with Crippen LogP contribution in [-0.2, 0) is 5.75 Å². The fourth-order valence-corrected chi connectivity index (χ4v) is 3.21. The number of halogens is 1. The standard InChI is InChI=1S/C15H16ClN3S/c16-13-5-3-12(4-6-13)10-20-15-9-14(17-11-18-15)19-7-1-2-8-19/h3-6,9,11H,1-2,7-8,10H2. The summed E-state index contributed by atoms with van der Waals surface area (Å²) in [4.78, 5) is 11.0. The molecule has 0 saturated carbocycles. The smallest absolute Gasteiger partial charge is 0.133 e. The summed E-state index contributed by atoms with van der Waals surface area (Å²) >= 11 is 7.62. The SMILES string of the molecule is Clc1ccc(CSc2cc(N3CCCC3)ncn2)cc1. The summed E-state index contributed by atoms with van der Waals surface area (Å²) < 4.78 is 0. The lowest BCUT2D eigenvalue weighted by atomic mass is 10.2. The Morgan fingerprint density at radius 2 is 1.85 bits per heavy atom. The molecule has 0 bridgehead atoms. The Hall–Kier alpha value is -1.26. The Bertz CT molecular complexity index is 568. The van der Waals surface area contributed by atoms with Gasteiger partial charge < -0.3 is 4.90 Å². The Morgan fingerprint density at radius 3 is 2.60 bits per heavy atom. The highest BCUT2D eigenvalue weighted by Crippen LogP contribution is 2.25. The van der Waals surface area contributed by atoms with Crippen molar-refractivity contribution in [1.29, 1.82) is 0 Å². The van der Waals surface area contributed by atoms with Crippen molar-refractivity contribution in [3.05, 3.63) is 47.2 Å². The molecule has 0 spiro atoms. The van der Waals surface area contributed by atoms with Gasteiger partial charge in [0.2, 0.25) is 0 Å². The van der Waals surface area contributed by atoms with Crippen molar-refractivity contribution in [2.75, 3.05) is 18.0 Å². The number of hydrogen-bond donors (Lipinski definition) is 0. The summed E-state index contributed by atoms with van der Waals surface area (Å²) in [7, 11) is 0. The Kier molecular flexibility index (Phi) is 4.43. The highest BCUT2D eigenvalue weighted by molar-refractivity contribution is 7.98. The fourth-order valence-electron chi connectivity index (χ4n) is 2.27. The van der Waals surface area contributed by atoms with Gasteiger partial charge in [0, 0.05) is 29.9 Å². The quantitative estimate of drug-likeness (QED) is 0.630. The Morgan fingerprint density at radius 1 is 1.10 bits per heavy atom. The molecule has 0 radical (unpaired) electrons. The van der Waals surface area contributed by atoms with E-state index in [1.54, 1.807) is 18.1 Å². The molecule has 1 aliphatic heterocycles. The van der Waals surface area contributed by atoms with Crippen molar-refractivity contribution in [1.82, 2.24) is 9.97 Å². The second kappa shape index (κ2) is 6.46. The van der Waals surface area contributed by atoms with Gasteiger partial charge in [0.05, 0.1) is 0 Å². The van der Waals surface area contributed by atoms with E-state index in [0.717, 1.165) is 34.7 Å². The van der Waals surface area contributed by atoms with E-state index in [1.165, 1.54) is 18.4 Å². The summed E-state index contributed by atoms with van der Waals surface area (Å²) in [5.41, 5.74) is 1.25. The lowest BCUT2D eigenvalue weighted by Crippen LogP contribution is -2.18. The van der Waals surface area contributed by atoms with E-state index in [2.05, 4.69) is 33.1 Å². The number of hydrogen-bond acceptors (Lipinski definition) is 4. The maximum Gasteiger partial charge on any atom is 0.133 e. The molecule has 1 aromatic heterocycles. The molecule has 1 aliphatic rings. The fraction of sp³-hybridized carbons (Fsp3) is 0.333. The van der Waals surface area contributed by atoms with Crippen LogP contribution in [0.4, 0.5) is 5.82 Å². The van der Waals surface area contributed by atoms with Crippen LogP contribution in [-0.4, -0.2) is 23.1 Å². The molecule has 0 aliphatic carbocycles. The molecule has 2 heterocycles. The van der Waals surface area contributed by atoms with Gasteiger partial charge in [0.25, 0.3) is 0 Å². The number of anilines is 1. The maximum atomic E-state index is 5.89. The van der Waals surface area contributed by atoms with E-state index in [1.807, 2.05) is 12.1 Å². The van der Waals surface area contributed by atoms with Crippen LogP contribution in [0, 0.1) is 0 Å². The lowest BCUT2D eigenvalue weighted by molar-refractivity contribution is 0.908. The second-order valence-electron chi connectivity index (χ2n) is 4.82. The molecule has 3 rings (SSSR count). The van der Waals surface area contributed by atoms with E-state index >= 15 is 0 Å². The molecule has 0 N–H and O–H groups in total. The summed E-state index contributed by atoms with van der Waals surface area (Å²) in [5.74, 6) is 1.95. The Labute approximate surface area is 128 Å². The van der Waals surface area contributed by atoms with Gasteiger partial charge in [0.1, 0.15) is 17.2 Å². The van der Waals surface area contributed by atoms with E-state index in [-0.39, 0.29) is 0 Å². The number of rotatable bonds is 4. The third kappa shape index (κ3) is 3.44. The molecule has 1 fully saturated rings. The normalized spacial score (nSPS) is 14.8. The molecular weight excluding hydrogens is 290 g/mol. The van der Waals surface area contributed by atoms with Crippen molar-refractivity contribution in [3.63, 3.8) is 0 Å². The van der Waals surface area contributed by atoms with Crippen molar-refractivity contribution in [3.8, 4) is 0 Å². The minimum Gasteiger partial charge on any atom is -0.356 e. The number of aromatic nitrogens is 2. The average Bonchev–Trinajstić information content (AvgIpc) is 3.01. The zero-order valence-corrected chi connectivity index (χ0v) is 12.7. The summed E-state index contributed by atoms with van der Waals surface area (Å²) in [6.45, 7) is 2.22. The molecular formula is C15H16ClN3S. The maximum absolute atomic E-state index is 5.89. The molecule has 3 nitrogen and oxygen atoms in total. The third-order valence-corrected chi connectivity index (χ3v) is 4.61. The summed E-state index contributed by atoms with van der Waals surface area (Å²) in [6, 6.07) is 10.0. The first kappa shape index (κ1) is 13.7. The first-order valence-electron chi connectivity index (χ1n) is 6.75. The van der Waals surface area contributed by atoms with Gasteiger partial charge in [-0.2, -0.15) is 0 Å². The monoisotopic (exact) mass is 305 g/mol.